The second-order valence-corrected chi connectivity index (χ2v) is 4.50. The molecule has 1 aliphatic rings. The molecule has 1 aromatic carbocycles. The van der Waals surface area contributed by atoms with Crippen LogP contribution in [0.25, 0.3) is 0 Å². The minimum atomic E-state index is -0.195. The van der Waals surface area contributed by atoms with Crippen LogP contribution in [-0.4, -0.2) is 40.2 Å². The Kier molecular flexibility index (Phi) is 3.33. The van der Waals surface area contributed by atoms with Gasteiger partial charge in [0.15, 0.2) is 0 Å². The third-order valence-electron chi connectivity index (χ3n) is 3.23. The zero-order chi connectivity index (χ0) is 12.4. The van der Waals surface area contributed by atoms with Crippen molar-refractivity contribution in [1.29, 1.82) is 0 Å². The summed E-state index contributed by atoms with van der Waals surface area (Å²) in [5.74, 6) is -0.183. The summed E-state index contributed by atoms with van der Waals surface area (Å²) in [7, 11) is 0. The maximum absolute atomic E-state index is 12.2. The zero-order valence-electron chi connectivity index (χ0n) is 9.89. The van der Waals surface area contributed by atoms with Crippen molar-refractivity contribution in [3.05, 3.63) is 29.3 Å². The van der Waals surface area contributed by atoms with Gasteiger partial charge in [-0.05, 0) is 37.5 Å². The van der Waals surface area contributed by atoms with Gasteiger partial charge in [-0.25, -0.2) is 0 Å². The largest absolute Gasteiger partial charge is 0.507 e. The number of phenols is 1. The highest BCUT2D eigenvalue weighted by atomic mass is 16.3. The normalized spacial score (nSPS) is 19.6. The minimum Gasteiger partial charge on any atom is -0.507 e. The molecule has 1 fully saturated rings. The van der Waals surface area contributed by atoms with Crippen molar-refractivity contribution >= 4 is 5.91 Å². The third kappa shape index (κ3) is 2.26. The molecule has 0 aliphatic carbocycles. The highest BCUT2D eigenvalue weighted by Gasteiger charge is 2.29. The summed E-state index contributed by atoms with van der Waals surface area (Å²) in [4.78, 5) is 13.8. The Bertz CT molecular complexity index is 431. The van der Waals surface area contributed by atoms with Crippen molar-refractivity contribution in [2.45, 2.75) is 25.8 Å². The topological polar surface area (TPSA) is 60.8 Å². The number of hydrogen-bond acceptors (Lipinski definition) is 3. The summed E-state index contributed by atoms with van der Waals surface area (Å²) >= 11 is 0. The van der Waals surface area contributed by atoms with Gasteiger partial charge in [-0.3, -0.25) is 4.79 Å². The number of nitrogens with zero attached hydrogens (tertiary/aromatic N) is 1. The summed E-state index contributed by atoms with van der Waals surface area (Å²) in [6.45, 7) is 2.50. The number of benzene rings is 1. The summed E-state index contributed by atoms with van der Waals surface area (Å²) < 4.78 is 0. The van der Waals surface area contributed by atoms with Crippen LogP contribution in [0.15, 0.2) is 18.2 Å². The van der Waals surface area contributed by atoms with E-state index in [-0.39, 0.29) is 24.3 Å². The predicted molar refractivity (Wildman–Crippen MR) is 64.0 cm³/mol. The first-order chi connectivity index (χ1) is 8.13. The second-order valence-electron chi connectivity index (χ2n) is 4.50. The van der Waals surface area contributed by atoms with Crippen molar-refractivity contribution < 1.29 is 15.0 Å². The number of aliphatic hydroxyl groups excluding tert-OH is 1. The fraction of sp³-hybridized carbons (Fsp3) is 0.462. The van der Waals surface area contributed by atoms with Crippen LogP contribution < -0.4 is 0 Å². The van der Waals surface area contributed by atoms with E-state index < -0.39 is 0 Å². The van der Waals surface area contributed by atoms with Crippen LogP contribution >= 0.6 is 0 Å². The highest BCUT2D eigenvalue weighted by molar-refractivity contribution is 5.97. The minimum absolute atomic E-state index is 0.0126. The van der Waals surface area contributed by atoms with Gasteiger partial charge >= 0.3 is 0 Å². The van der Waals surface area contributed by atoms with Gasteiger partial charge < -0.3 is 15.1 Å². The lowest BCUT2D eigenvalue weighted by Crippen LogP contribution is -2.37. The van der Waals surface area contributed by atoms with Crippen LogP contribution in [0, 0.1) is 6.92 Å². The predicted octanol–water partition coefficient (Wildman–Crippen LogP) is 1.30. The maximum atomic E-state index is 12.2. The lowest BCUT2D eigenvalue weighted by molar-refractivity contribution is 0.0674. The Morgan fingerprint density at radius 3 is 2.94 bits per heavy atom. The van der Waals surface area contributed by atoms with Crippen LogP contribution in [0.5, 0.6) is 5.75 Å². The SMILES string of the molecule is Cc1ccc(C(=O)N2CCCC2CO)c(O)c1. The van der Waals surface area contributed by atoms with E-state index in [9.17, 15) is 15.0 Å². The molecule has 4 heteroatoms. The van der Waals surface area contributed by atoms with E-state index in [2.05, 4.69) is 0 Å². The summed E-state index contributed by atoms with van der Waals surface area (Å²) in [6, 6.07) is 4.91. The van der Waals surface area contributed by atoms with Crippen LogP contribution in [0.4, 0.5) is 0 Å². The number of amides is 1. The third-order valence-corrected chi connectivity index (χ3v) is 3.23. The van der Waals surface area contributed by atoms with E-state index in [0.717, 1.165) is 18.4 Å². The monoisotopic (exact) mass is 235 g/mol. The van der Waals surface area contributed by atoms with Crippen molar-refractivity contribution in [3.8, 4) is 5.75 Å². The molecule has 1 saturated heterocycles. The molecule has 0 bridgehead atoms. The van der Waals surface area contributed by atoms with Crippen LogP contribution in [0.1, 0.15) is 28.8 Å². The number of likely N-dealkylation sites (tertiary alicyclic amines) is 1. The Morgan fingerprint density at radius 1 is 1.53 bits per heavy atom. The van der Waals surface area contributed by atoms with Crippen LogP contribution in [0.3, 0.4) is 0 Å². The van der Waals surface area contributed by atoms with E-state index in [4.69, 9.17) is 0 Å². The molecule has 1 atom stereocenters. The molecule has 1 aliphatic heterocycles. The van der Waals surface area contributed by atoms with Crippen molar-refractivity contribution in [2.24, 2.45) is 0 Å². The molecule has 92 valence electrons. The molecule has 1 amide bonds. The van der Waals surface area contributed by atoms with Crippen LogP contribution in [0.2, 0.25) is 0 Å². The molecule has 0 radical (unpaired) electrons. The zero-order valence-corrected chi connectivity index (χ0v) is 9.89. The lowest BCUT2D eigenvalue weighted by Gasteiger charge is -2.23. The van der Waals surface area contributed by atoms with Gasteiger partial charge in [0.2, 0.25) is 0 Å². The summed E-state index contributed by atoms with van der Waals surface area (Å²) in [6.07, 6.45) is 1.73. The van der Waals surface area contributed by atoms with E-state index in [1.165, 1.54) is 0 Å². The Balaban J connectivity index is 2.24. The first-order valence-electron chi connectivity index (χ1n) is 5.85. The molecular weight excluding hydrogens is 218 g/mol. The molecule has 17 heavy (non-hydrogen) atoms. The number of carbonyl (C=O) groups is 1. The molecule has 1 aromatic rings. The number of hydrogen-bond donors (Lipinski definition) is 2. The Hall–Kier alpha value is -1.55. The van der Waals surface area contributed by atoms with Gasteiger partial charge in [-0.15, -0.1) is 0 Å². The first-order valence-corrected chi connectivity index (χ1v) is 5.85. The number of rotatable bonds is 2. The number of phenolic OH excluding ortho intramolecular Hbond substituents is 1. The number of aliphatic hydroxyl groups is 1. The Labute approximate surface area is 100 Å². The van der Waals surface area contributed by atoms with Gasteiger partial charge in [0.05, 0.1) is 18.2 Å². The summed E-state index contributed by atoms with van der Waals surface area (Å²) in [5.41, 5.74) is 1.23. The van der Waals surface area contributed by atoms with Crippen LogP contribution in [-0.2, 0) is 0 Å². The molecule has 0 aromatic heterocycles. The standard InChI is InChI=1S/C13H17NO3/c1-9-4-5-11(12(16)7-9)13(17)14-6-2-3-10(14)8-15/h4-5,7,10,15-16H,2-3,6,8H2,1H3. The van der Waals surface area contributed by atoms with Gasteiger partial charge in [-0.2, -0.15) is 0 Å². The molecule has 0 spiro atoms. The van der Waals surface area contributed by atoms with E-state index in [1.807, 2.05) is 6.92 Å². The molecule has 4 nitrogen and oxygen atoms in total. The average molecular weight is 235 g/mol. The second kappa shape index (κ2) is 4.75. The van der Waals surface area contributed by atoms with E-state index >= 15 is 0 Å². The molecule has 0 saturated carbocycles. The van der Waals surface area contributed by atoms with Crippen molar-refractivity contribution in [2.75, 3.05) is 13.2 Å². The molecular formula is C13H17NO3. The quantitative estimate of drug-likeness (QED) is 0.812. The number of carbonyl (C=O) groups excluding carboxylic acids is 1. The van der Waals surface area contributed by atoms with Gasteiger partial charge in [0.1, 0.15) is 5.75 Å². The fourth-order valence-corrected chi connectivity index (χ4v) is 2.27. The lowest BCUT2D eigenvalue weighted by atomic mass is 10.1. The van der Waals surface area contributed by atoms with E-state index in [0.29, 0.717) is 12.1 Å². The highest BCUT2D eigenvalue weighted by Crippen LogP contribution is 2.25. The smallest absolute Gasteiger partial charge is 0.257 e. The molecule has 1 unspecified atom stereocenters. The first kappa shape index (κ1) is 11.9. The van der Waals surface area contributed by atoms with Gasteiger partial charge in [0.25, 0.3) is 5.91 Å². The number of aryl methyl sites for hydroxylation is 1. The maximum Gasteiger partial charge on any atom is 0.257 e. The van der Waals surface area contributed by atoms with E-state index in [1.54, 1.807) is 23.1 Å². The summed E-state index contributed by atoms with van der Waals surface area (Å²) in [5, 5.41) is 19.0. The Morgan fingerprint density at radius 2 is 2.29 bits per heavy atom. The van der Waals surface area contributed by atoms with Crippen molar-refractivity contribution in [3.63, 3.8) is 0 Å². The van der Waals surface area contributed by atoms with Crippen molar-refractivity contribution in [1.82, 2.24) is 4.90 Å². The molecule has 1 heterocycles. The average Bonchev–Trinajstić information content (AvgIpc) is 2.76. The number of aromatic hydroxyl groups is 1. The molecule has 2 N–H and O–H groups in total. The van der Waals surface area contributed by atoms with Gasteiger partial charge in [-0.1, -0.05) is 6.07 Å². The van der Waals surface area contributed by atoms with Gasteiger partial charge in [0, 0.05) is 6.54 Å². The molecule has 2 rings (SSSR count). The fourth-order valence-electron chi connectivity index (χ4n) is 2.27.